The minimum atomic E-state index is -0.805. The normalized spacial score (nSPS) is 27.3. The molecule has 1 saturated carbocycles. The average molecular weight is 344 g/mol. The highest BCUT2D eigenvalue weighted by Gasteiger charge is 2.52. The van der Waals surface area contributed by atoms with Gasteiger partial charge in [0.25, 0.3) is 5.91 Å². The number of urea groups is 1. The van der Waals surface area contributed by atoms with Gasteiger partial charge in [-0.05, 0) is 56.2 Å². The van der Waals surface area contributed by atoms with Crippen molar-refractivity contribution in [2.75, 3.05) is 6.54 Å². The lowest BCUT2D eigenvalue weighted by molar-refractivity contribution is -0.136. The van der Waals surface area contributed by atoms with Crippen molar-refractivity contribution in [3.05, 3.63) is 30.1 Å². The van der Waals surface area contributed by atoms with Crippen LogP contribution in [-0.4, -0.2) is 39.8 Å². The summed E-state index contributed by atoms with van der Waals surface area (Å²) in [5.41, 5.74) is 0.110. The van der Waals surface area contributed by atoms with Gasteiger partial charge in [-0.2, -0.15) is 0 Å². The number of hydrogen-bond acceptors (Lipinski definition) is 4. The van der Waals surface area contributed by atoms with E-state index in [1.165, 1.54) is 0 Å². The lowest BCUT2D eigenvalue weighted by Crippen LogP contribution is -2.50. The summed E-state index contributed by atoms with van der Waals surface area (Å²) in [6.45, 7) is 3.75. The molecule has 7 nitrogen and oxygen atoms in total. The van der Waals surface area contributed by atoms with Gasteiger partial charge in [0.2, 0.25) is 5.91 Å². The molecule has 1 aliphatic heterocycles. The van der Waals surface area contributed by atoms with Crippen LogP contribution in [0.15, 0.2) is 24.5 Å². The molecule has 7 heteroatoms. The van der Waals surface area contributed by atoms with Gasteiger partial charge in [-0.25, -0.2) is 4.79 Å². The molecule has 1 unspecified atom stereocenters. The zero-order valence-electron chi connectivity index (χ0n) is 14.6. The maximum absolute atomic E-state index is 12.7. The van der Waals surface area contributed by atoms with Crippen LogP contribution in [0.3, 0.4) is 0 Å². The van der Waals surface area contributed by atoms with E-state index in [1.807, 2.05) is 19.1 Å². The van der Waals surface area contributed by atoms with Crippen molar-refractivity contribution in [1.82, 2.24) is 20.5 Å². The van der Waals surface area contributed by atoms with Crippen molar-refractivity contribution in [1.29, 1.82) is 0 Å². The second kappa shape index (κ2) is 6.82. The van der Waals surface area contributed by atoms with Crippen molar-refractivity contribution in [3.63, 3.8) is 0 Å². The largest absolute Gasteiger partial charge is 0.348 e. The Labute approximate surface area is 147 Å². The first-order chi connectivity index (χ1) is 11.9. The van der Waals surface area contributed by atoms with E-state index in [0.717, 1.165) is 23.3 Å². The molecule has 1 aromatic heterocycles. The molecule has 134 valence electrons. The number of pyridine rings is 1. The fourth-order valence-corrected chi connectivity index (χ4v) is 3.58. The summed E-state index contributed by atoms with van der Waals surface area (Å²) in [7, 11) is 0. The van der Waals surface area contributed by atoms with Crippen LogP contribution in [0.2, 0.25) is 0 Å². The minimum Gasteiger partial charge on any atom is -0.348 e. The van der Waals surface area contributed by atoms with E-state index < -0.39 is 11.6 Å². The van der Waals surface area contributed by atoms with E-state index in [9.17, 15) is 14.4 Å². The number of amides is 4. The van der Waals surface area contributed by atoms with E-state index in [4.69, 9.17) is 0 Å². The molecule has 0 bridgehead atoms. The SMILES string of the molecule is CC1CCC2(CC1)NC(=O)N(CC(=O)NC(C)c1ccncc1)C2=O. The highest BCUT2D eigenvalue weighted by atomic mass is 16.2. The second-order valence-electron chi connectivity index (χ2n) is 7.16. The number of nitrogens with zero attached hydrogens (tertiary/aromatic N) is 2. The average Bonchev–Trinajstić information content (AvgIpc) is 2.83. The topological polar surface area (TPSA) is 91.4 Å². The van der Waals surface area contributed by atoms with Crippen molar-refractivity contribution in [2.45, 2.75) is 51.1 Å². The number of carbonyl (C=O) groups excluding carboxylic acids is 3. The predicted octanol–water partition coefficient (Wildman–Crippen LogP) is 1.76. The van der Waals surface area contributed by atoms with Crippen LogP contribution in [-0.2, 0) is 9.59 Å². The summed E-state index contributed by atoms with van der Waals surface area (Å²) < 4.78 is 0. The molecule has 3 rings (SSSR count). The van der Waals surface area contributed by atoms with Gasteiger partial charge in [0.05, 0.1) is 6.04 Å². The quantitative estimate of drug-likeness (QED) is 0.814. The smallest absolute Gasteiger partial charge is 0.325 e. The van der Waals surface area contributed by atoms with E-state index in [0.29, 0.717) is 18.8 Å². The van der Waals surface area contributed by atoms with Crippen LogP contribution in [0.4, 0.5) is 4.79 Å². The van der Waals surface area contributed by atoms with Gasteiger partial charge in [0.15, 0.2) is 0 Å². The Kier molecular flexibility index (Phi) is 4.74. The predicted molar refractivity (Wildman–Crippen MR) is 91.4 cm³/mol. The molecule has 1 aromatic rings. The Balaban J connectivity index is 1.61. The Morgan fingerprint density at radius 3 is 2.64 bits per heavy atom. The first kappa shape index (κ1) is 17.4. The van der Waals surface area contributed by atoms with E-state index in [2.05, 4.69) is 22.5 Å². The summed E-state index contributed by atoms with van der Waals surface area (Å²) in [6.07, 6.45) is 6.41. The molecule has 0 radical (unpaired) electrons. The number of rotatable bonds is 4. The second-order valence-corrected chi connectivity index (χ2v) is 7.16. The van der Waals surface area contributed by atoms with Gasteiger partial charge < -0.3 is 10.6 Å². The minimum absolute atomic E-state index is 0.222. The molecule has 2 heterocycles. The highest BCUT2D eigenvalue weighted by Crippen LogP contribution is 2.36. The van der Waals surface area contributed by atoms with Gasteiger partial charge in [-0.1, -0.05) is 6.92 Å². The summed E-state index contributed by atoms with van der Waals surface area (Å²) in [5.74, 6) is -0.0564. The molecule has 1 atom stereocenters. The van der Waals surface area contributed by atoms with Crippen LogP contribution < -0.4 is 10.6 Å². The molecule has 1 aliphatic carbocycles. The summed E-state index contributed by atoms with van der Waals surface area (Å²) in [5, 5.41) is 5.65. The molecule has 0 aromatic carbocycles. The first-order valence-electron chi connectivity index (χ1n) is 8.75. The van der Waals surface area contributed by atoms with Gasteiger partial charge in [-0.15, -0.1) is 0 Å². The first-order valence-corrected chi connectivity index (χ1v) is 8.75. The van der Waals surface area contributed by atoms with Gasteiger partial charge >= 0.3 is 6.03 Å². The molecule has 2 aliphatic rings. The molecule has 2 N–H and O–H groups in total. The molecule has 1 spiro atoms. The fraction of sp³-hybridized carbons (Fsp3) is 0.556. The Hall–Kier alpha value is -2.44. The number of hydrogen-bond donors (Lipinski definition) is 2. The van der Waals surface area contributed by atoms with Crippen LogP contribution in [0.5, 0.6) is 0 Å². The maximum atomic E-state index is 12.7. The highest BCUT2D eigenvalue weighted by molar-refractivity contribution is 6.09. The molecule has 25 heavy (non-hydrogen) atoms. The van der Waals surface area contributed by atoms with Crippen LogP contribution in [0, 0.1) is 5.92 Å². The van der Waals surface area contributed by atoms with Crippen molar-refractivity contribution in [2.24, 2.45) is 5.92 Å². The lowest BCUT2D eigenvalue weighted by atomic mass is 9.77. The summed E-state index contributed by atoms with van der Waals surface area (Å²) >= 11 is 0. The molecule has 2 fully saturated rings. The third-order valence-corrected chi connectivity index (χ3v) is 5.26. The van der Waals surface area contributed by atoms with Crippen molar-refractivity contribution < 1.29 is 14.4 Å². The van der Waals surface area contributed by atoms with Crippen LogP contribution in [0.25, 0.3) is 0 Å². The van der Waals surface area contributed by atoms with E-state index in [-0.39, 0.29) is 24.4 Å². The van der Waals surface area contributed by atoms with Crippen LogP contribution >= 0.6 is 0 Å². The zero-order valence-corrected chi connectivity index (χ0v) is 14.6. The Morgan fingerprint density at radius 2 is 2.00 bits per heavy atom. The fourth-order valence-electron chi connectivity index (χ4n) is 3.58. The standard InChI is InChI=1S/C18H24N4O3/c1-12-3-7-18(8-4-12)16(24)22(17(25)21-18)11-15(23)20-13(2)14-5-9-19-10-6-14/h5-6,9-10,12-13H,3-4,7-8,11H2,1-2H3,(H,20,23)(H,21,25). The number of aromatic nitrogens is 1. The van der Waals surface area contributed by atoms with Gasteiger partial charge in [-0.3, -0.25) is 19.5 Å². The monoisotopic (exact) mass is 344 g/mol. The number of carbonyl (C=O) groups is 3. The zero-order chi connectivity index (χ0) is 18.0. The molecular weight excluding hydrogens is 320 g/mol. The third-order valence-electron chi connectivity index (χ3n) is 5.26. The lowest BCUT2D eigenvalue weighted by Gasteiger charge is -2.33. The molecule has 1 saturated heterocycles. The molecular formula is C18H24N4O3. The Bertz CT molecular complexity index is 668. The van der Waals surface area contributed by atoms with E-state index >= 15 is 0 Å². The van der Waals surface area contributed by atoms with Gasteiger partial charge in [0.1, 0.15) is 12.1 Å². The number of imide groups is 1. The van der Waals surface area contributed by atoms with Crippen LogP contribution in [0.1, 0.15) is 51.1 Å². The summed E-state index contributed by atoms with van der Waals surface area (Å²) in [4.78, 5) is 42.3. The Morgan fingerprint density at radius 1 is 1.36 bits per heavy atom. The van der Waals surface area contributed by atoms with Crippen molar-refractivity contribution in [3.8, 4) is 0 Å². The van der Waals surface area contributed by atoms with Gasteiger partial charge in [0, 0.05) is 12.4 Å². The maximum Gasteiger partial charge on any atom is 0.325 e. The number of nitrogens with one attached hydrogen (secondary N) is 2. The summed E-state index contributed by atoms with van der Waals surface area (Å²) in [6, 6.07) is 2.94. The van der Waals surface area contributed by atoms with E-state index in [1.54, 1.807) is 12.4 Å². The third kappa shape index (κ3) is 3.50. The molecule has 4 amide bonds. The van der Waals surface area contributed by atoms with Crippen molar-refractivity contribution >= 4 is 17.8 Å².